The zero-order valence-corrected chi connectivity index (χ0v) is 18.2. The van der Waals surface area contributed by atoms with Crippen LogP contribution in [0.15, 0.2) is 42.5 Å². The summed E-state index contributed by atoms with van der Waals surface area (Å²) in [6, 6.07) is 12.1. The lowest BCUT2D eigenvalue weighted by Gasteiger charge is -2.32. The fourth-order valence-corrected chi connectivity index (χ4v) is 3.74. The van der Waals surface area contributed by atoms with Crippen molar-refractivity contribution in [2.45, 2.75) is 13.5 Å². The fourth-order valence-electron chi connectivity index (χ4n) is 3.74. The van der Waals surface area contributed by atoms with Crippen LogP contribution in [0.4, 0.5) is 0 Å². The normalized spacial score (nSPS) is 14.7. The van der Waals surface area contributed by atoms with Crippen molar-refractivity contribution in [3.8, 4) is 17.2 Å². The molecule has 0 aromatic heterocycles. The Bertz CT molecular complexity index is 885. The summed E-state index contributed by atoms with van der Waals surface area (Å²) in [6.45, 7) is 6.12. The van der Waals surface area contributed by atoms with E-state index in [1.807, 2.05) is 35.2 Å². The Hall–Kier alpha value is -2.99. The second-order valence-electron chi connectivity index (χ2n) is 7.49. The van der Waals surface area contributed by atoms with E-state index in [0.717, 1.165) is 43.9 Å². The highest BCUT2D eigenvalue weighted by Gasteiger charge is 2.25. The van der Waals surface area contributed by atoms with Gasteiger partial charge >= 0.3 is 0 Å². The van der Waals surface area contributed by atoms with Crippen LogP contribution in [0.25, 0.3) is 6.08 Å². The summed E-state index contributed by atoms with van der Waals surface area (Å²) in [4.78, 5) is 15.9. The first-order valence-electron chi connectivity index (χ1n) is 10.2. The second kappa shape index (κ2) is 10.2. The highest BCUT2D eigenvalue weighted by atomic mass is 16.5. The van der Waals surface area contributed by atoms with Gasteiger partial charge in [0.05, 0.1) is 53.1 Å². The maximum absolute atomic E-state index is 12.5. The van der Waals surface area contributed by atoms with Crippen molar-refractivity contribution in [2.24, 2.45) is 0 Å². The Kier molecular flexibility index (Phi) is 7.36. The minimum Gasteiger partial charge on any atom is -0.493 e. The van der Waals surface area contributed by atoms with Gasteiger partial charge in [-0.25, -0.2) is 0 Å². The Morgan fingerprint density at radius 1 is 0.967 bits per heavy atom. The van der Waals surface area contributed by atoms with Crippen LogP contribution < -0.4 is 19.1 Å². The van der Waals surface area contributed by atoms with Gasteiger partial charge in [-0.15, -0.1) is 0 Å². The maximum atomic E-state index is 12.5. The van der Waals surface area contributed by atoms with E-state index in [0.29, 0.717) is 17.2 Å². The van der Waals surface area contributed by atoms with Gasteiger partial charge in [-0.05, 0) is 30.7 Å². The van der Waals surface area contributed by atoms with E-state index >= 15 is 0 Å². The van der Waals surface area contributed by atoms with E-state index in [-0.39, 0.29) is 5.91 Å². The van der Waals surface area contributed by atoms with Crippen molar-refractivity contribution >= 4 is 12.0 Å². The number of amides is 1. The van der Waals surface area contributed by atoms with Gasteiger partial charge in [0.1, 0.15) is 6.54 Å². The van der Waals surface area contributed by atoms with Gasteiger partial charge in [-0.1, -0.05) is 29.8 Å². The average molecular weight is 412 g/mol. The predicted molar refractivity (Wildman–Crippen MR) is 117 cm³/mol. The number of rotatable bonds is 7. The van der Waals surface area contributed by atoms with E-state index in [9.17, 15) is 4.79 Å². The van der Waals surface area contributed by atoms with Crippen molar-refractivity contribution in [1.29, 1.82) is 0 Å². The molecule has 0 spiro atoms. The lowest BCUT2D eigenvalue weighted by Crippen LogP contribution is -3.13. The van der Waals surface area contributed by atoms with E-state index in [2.05, 4.69) is 19.1 Å². The third-order valence-corrected chi connectivity index (χ3v) is 5.50. The summed E-state index contributed by atoms with van der Waals surface area (Å²) < 4.78 is 16.4. The number of carbonyl (C=O) groups is 1. The number of hydrogen-bond acceptors (Lipinski definition) is 4. The first-order chi connectivity index (χ1) is 14.5. The molecule has 6 nitrogen and oxygen atoms in total. The molecule has 1 N–H and O–H groups in total. The fraction of sp³-hybridized carbons (Fsp3) is 0.375. The minimum atomic E-state index is 0.0679. The SMILES string of the molecule is COc1ccc(C[NH+]2CCN(C(=O)/C=C/c3ccc(C)cc3)CC2)c(OC)c1OC. The summed E-state index contributed by atoms with van der Waals surface area (Å²) in [5.74, 6) is 2.05. The molecule has 0 unspecified atom stereocenters. The number of benzene rings is 2. The molecule has 2 aromatic carbocycles. The number of nitrogens with zero attached hydrogens (tertiary/aromatic N) is 1. The summed E-state index contributed by atoms with van der Waals surface area (Å²) >= 11 is 0. The molecule has 1 saturated heterocycles. The molecule has 0 aliphatic carbocycles. The van der Waals surface area contributed by atoms with E-state index < -0.39 is 0 Å². The van der Waals surface area contributed by atoms with Crippen molar-refractivity contribution in [3.05, 3.63) is 59.2 Å². The number of hydrogen-bond donors (Lipinski definition) is 1. The van der Waals surface area contributed by atoms with Crippen LogP contribution in [0.3, 0.4) is 0 Å². The highest BCUT2D eigenvalue weighted by Crippen LogP contribution is 2.39. The van der Waals surface area contributed by atoms with Crippen LogP contribution in [0, 0.1) is 6.92 Å². The first kappa shape index (κ1) is 21.7. The lowest BCUT2D eigenvalue weighted by atomic mass is 10.1. The standard InChI is InChI=1S/C24H30N2O4/c1-18-5-7-19(8-6-18)9-12-22(27)26-15-13-25(14-16-26)17-20-10-11-21(28-2)24(30-4)23(20)29-3/h5-12H,13-17H2,1-4H3/p+1/b12-9+. The van der Waals surface area contributed by atoms with E-state index in [1.165, 1.54) is 10.5 Å². The zero-order valence-electron chi connectivity index (χ0n) is 18.2. The molecule has 6 heteroatoms. The number of nitrogens with one attached hydrogen (secondary N) is 1. The number of ether oxygens (including phenoxy) is 3. The molecule has 3 rings (SSSR count). The average Bonchev–Trinajstić information content (AvgIpc) is 2.78. The molecular formula is C24H31N2O4+. The monoisotopic (exact) mass is 411 g/mol. The lowest BCUT2D eigenvalue weighted by molar-refractivity contribution is -0.917. The molecule has 1 fully saturated rings. The van der Waals surface area contributed by atoms with Crippen molar-refractivity contribution in [3.63, 3.8) is 0 Å². The second-order valence-corrected chi connectivity index (χ2v) is 7.49. The van der Waals surface area contributed by atoms with Crippen LogP contribution in [-0.4, -0.2) is 58.3 Å². The molecule has 160 valence electrons. The minimum absolute atomic E-state index is 0.0679. The van der Waals surface area contributed by atoms with Gasteiger partial charge in [0, 0.05) is 6.08 Å². The summed E-state index contributed by atoms with van der Waals surface area (Å²) in [7, 11) is 4.88. The summed E-state index contributed by atoms with van der Waals surface area (Å²) in [5, 5.41) is 0. The molecule has 0 saturated carbocycles. The van der Waals surface area contributed by atoms with Crippen LogP contribution >= 0.6 is 0 Å². The zero-order chi connectivity index (χ0) is 21.5. The number of aryl methyl sites for hydroxylation is 1. The van der Waals surface area contributed by atoms with E-state index in [4.69, 9.17) is 14.2 Å². The quantitative estimate of drug-likeness (QED) is 0.708. The van der Waals surface area contributed by atoms with Gasteiger partial charge in [-0.2, -0.15) is 0 Å². The molecule has 0 atom stereocenters. The molecule has 2 aromatic rings. The molecule has 0 radical (unpaired) electrons. The van der Waals surface area contributed by atoms with E-state index in [1.54, 1.807) is 27.4 Å². The number of methoxy groups -OCH3 is 3. The Labute approximate surface area is 178 Å². The van der Waals surface area contributed by atoms with Crippen LogP contribution in [-0.2, 0) is 11.3 Å². The third kappa shape index (κ3) is 5.13. The van der Waals surface area contributed by atoms with Crippen LogP contribution in [0.5, 0.6) is 17.2 Å². The third-order valence-electron chi connectivity index (χ3n) is 5.50. The first-order valence-corrected chi connectivity index (χ1v) is 10.2. The highest BCUT2D eigenvalue weighted by molar-refractivity contribution is 5.91. The van der Waals surface area contributed by atoms with Gasteiger partial charge in [0.2, 0.25) is 11.7 Å². The molecular weight excluding hydrogens is 380 g/mol. The topological polar surface area (TPSA) is 52.4 Å². The largest absolute Gasteiger partial charge is 0.493 e. The Morgan fingerprint density at radius 2 is 1.63 bits per heavy atom. The van der Waals surface area contributed by atoms with Crippen LogP contribution in [0.2, 0.25) is 0 Å². The molecule has 30 heavy (non-hydrogen) atoms. The molecule has 0 bridgehead atoms. The van der Waals surface area contributed by atoms with Crippen molar-refractivity contribution in [2.75, 3.05) is 47.5 Å². The van der Waals surface area contributed by atoms with Gasteiger partial charge in [0.15, 0.2) is 11.5 Å². The number of piperazine rings is 1. The number of quaternary nitrogens is 1. The van der Waals surface area contributed by atoms with Gasteiger partial charge in [-0.3, -0.25) is 4.79 Å². The molecule has 1 heterocycles. The van der Waals surface area contributed by atoms with Gasteiger partial charge in [0.25, 0.3) is 0 Å². The summed E-state index contributed by atoms with van der Waals surface area (Å²) in [5.41, 5.74) is 3.33. The molecule has 1 amide bonds. The Balaban J connectivity index is 1.58. The molecule has 1 aliphatic heterocycles. The maximum Gasteiger partial charge on any atom is 0.246 e. The van der Waals surface area contributed by atoms with Crippen LogP contribution in [0.1, 0.15) is 16.7 Å². The van der Waals surface area contributed by atoms with Gasteiger partial charge < -0.3 is 24.0 Å². The smallest absolute Gasteiger partial charge is 0.246 e. The summed E-state index contributed by atoms with van der Waals surface area (Å²) in [6.07, 6.45) is 3.56. The number of carbonyl (C=O) groups excluding carboxylic acids is 1. The Morgan fingerprint density at radius 3 is 2.23 bits per heavy atom. The van der Waals surface area contributed by atoms with Crippen molar-refractivity contribution < 1.29 is 23.9 Å². The molecule has 1 aliphatic rings. The van der Waals surface area contributed by atoms with Crippen molar-refractivity contribution in [1.82, 2.24) is 4.90 Å². The predicted octanol–water partition coefficient (Wildman–Crippen LogP) is 1.96.